The zero-order chi connectivity index (χ0) is 20.1. The number of hydrogen-bond donors (Lipinski definition) is 0. The number of halogens is 2. The Bertz CT molecular complexity index is 1050. The monoisotopic (exact) mass is 438 g/mol. The maximum Gasteiger partial charge on any atom is 0.164 e. The Labute approximate surface area is 173 Å². The molecule has 0 N–H and O–H groups in total. The molecule has 0 amide bonds. The van der Waals surface area contributed by atoms with Gasteiger partial charge in [0.2, 0.25) is 0 Å². The third-order valence-corrected chi connectivity index (χ3v) is 8.82. The lowest BCUT2D eigenvalue weighted by atomic mass is 10.1. The summed E-state index contributed by atoms with van der Waals surface area (Å²) in [5.41, 5.74) is 3.57. The molecule has 2 aliphatic rings. The van der Waals surface area contributed by atoms with Gasteiger partial charge in [-0.1, -0.05) is 35.5 Å². The molecular formula is C20H20ClFN2O2S2. The van der Waals surface area contributed by atoms with Crippen molar-refractivity contribution < 1.29 is 12.8 Å². The van der Waals surface area contributed by atoms with Gasteiger partial charge in [0.05, 0.1) is 24.1 Å². The molecule has 2 heterocycles. The third-order valence-electron chi connectivity index (χ3n) is 5.22. The third kappa shape index (κ3) is 3.80. The number of nitrogens with zero attached hydrogens (tertiary/aromatic N) is 2. The van der Waals surface area contributed by atoms with Crippen LogP contribution in [0.2, 0.25) is 5.02 Å². The molecule has 1 fully saturated rings. The second-order valence-electron chi connectivity index (χ2n) is 7.27. The number of hydrogen-bond acceptors (Lipinski definition) is 5. The highest BCUT2D eigenvalue weighted by Gasteiger charge is 2.44. The second kappa shape index (κ2) is 7.35. The van der Waals surface area contributed by atoms with E-state index in [1.54, 1.807) is 12.1 Å². The summed E-state index contributed by atoms with van der Waals surface area (Å²) >= 11 is 7.72. The standard InChI is InChI=1S/C20H20ClFN2O2S2/c1-12-6-7-14(8-13(12)2)24(9-15-16(21)4-3-5-17(15)22)20-23-18-10-28(25,26)11-19(18)27-20/h3-8,18-19H,9-11H2,1-2H3/t18-,19+/m0/s1. The van der Waals surface area contributed by atoms with Crippen LogP contribution in [0.5, 0.6) is 0 Å². The van der Waals surface area contributed by atoms with Crippen molar-refractivity contribution in [3.63, 3.8) is 0 Å². The van der Waals surface area contributed by atoms with E-state index in [4.69, 9.17) is 16.6 Å². The van der Waals surface area contributed by atoms with Crippen molar-refractivity contribution in [2.24, 2.45) is 4.99 Å². The maximum absolute atomic E-state index is 14.5. The molecule has 148 valence electrons. The Balaban J connectivity index is 1.73. The minimum Gasteiger partial charge on any atom is -0.317 e. The van der Waals surface area contributed by atoms with Gasteiger partial charge in [-0.3, -0.25) is 4.99 Å². The molecule has 28 heavy (non-hydrogen) atoms. The Kier molecular flexibility index (Phi) is 5.18. The molecule has 1 saturated heterocycles. The van der Waals surface area contributed by atoms with E-state index in [1.807, 2.05) is 36.9 Å². The van der Waals surface area contributed by atoms with E-state index in [9.17, 15) is 12.8 Å². The molecule has 0 bridgehead atoms. The Morgan fingerprint density at radius 1 is 1.21 bits per heavy atom. The van der Waals surface area contributed by atoms with E-state index in [0.29, 0.717) is 15.8 Å². The number of benzene rings is 2. The number of fused-ring (bicyclic) bond motifs is 1. The SMILES string of the molecule is Cc1ccc(N(Cc2c(F)cccc2Cl)C2=N[C@H]3CS(=O)(=O)C[C@H]3S2)cc1C. The lowest BCUT2D eigenvalue weighted by Gasteiger charge is -2.26. The quantitative estimate of drug-likeness (QED) is 0.713. The number of rotatable bonds is 3. The molecule has 2 atom stereocenters. The number of anilines is 1. The van der Waals surface area contributed by atoms with E-state index in [2.05, 4.69) is 0 Å². The highest BCUT2D eigenvalue weighted by molar-refractivity contribution is 8.15. The molecule has 0 spiro atoms. The molecule has 2 aromatic carbocycles. The molecule has 4 rings (SSSR count). The summed E-state index contributed by atoms with van der Waals surface area (Å²) in [7, 11) is -3.03. The lowest BCUT2D eigenvalue weighted by molar-refractivity contribution is 0.601. The summed E-state index contributed by atoms with van der Waals surface area (Å²) in [5.74, 6) is -0.154. The van der Waals surface area contributed by atoms with E-state index < -0.39 is 9.84 Å². The van der Waals surface area contributed by atoms with Crippen molar-refractivity contribution in [3.05, 3.63) is 63.9 Å². The number of aryl methyl sites for hydroxylation is 2. The Morgan fingerprint density at radius 3 is 2.68 bits per heavy atom. The number of thioether (sulfide) groups is 1. The van der Waals surface area contributed by atoms with Gasteiger partial charge < -0.3 is 4.90 Å². The number of aliphatic imine (C=N–C) groups is 1. The van der Waals surface area contributed by atoms with Gasteiger partial charge >= 0.3 is 0 Å². The van der Waals surface area contributed by atoms with Crippen LogP contribution in [-0.4, -0.2) is 36.4 Å². The molecule has 0 aromatic heterocycles. The van der Waals surface area contributed by atoms with Crippen LogP contribution in [-0.2, 0) is 16.4 Å². The van der Waals surface area contributed by atoms with Crippen LogP contribution in [0.25, 0.3) is 0 Å². The van der Waals surface area contributed by atoms with E-state index in [-0.39, 0.29) is 35.2 Å². The molecule has 2 aliphatic heterocycles. The zero-order valence-corrected chi connectivity index (χ0v) is 17.9. The smallest absolute Gasteiger partial charge is 0.164 e. The van der Waals surface area contributed by atoms with Gasteiger partial charge in [0, 0.05) is 21.5 Å². The van der Waals surface area contributed by atoms with Gasteiger partial charge in [-0.2, -0.15) is 0 Å². The van der Waals surface area contributed by atoms with Crippen LogP contribution in [0.15, 0.2) is 41.4 Å². The van der Waals surface area contributed by atoms with Crippen LogP contribution in [0, 0.1) is 19.7 Å². The van der Waals surface area contributed by atoms with Crippen LogP contribution in [0.1, 0.15) is 16.7 Å². The average Bonchev–Trinajstić information content (AvgIpc) is 3.10. The van der Waals surface area contributed by atoms with Crippen LogP contribution in [0.3, 0.4) is 0 Å². The number of amidine groups is 1. The van der Waals surface area contributed by atoms with Gasteiger partial charge in [-0.05, 0) is 49.2 Å². The van der Waals surface area contributed by atoms with Gasteiger partial charge in [0.25, 0.3) is 0 Å². The van der Waals surface area contributed by atoms with Crippen molar-refractivity contribution in [3.8, 4) is 0 Å². The second-order valence-corrected chi connectivity index (χ2v) is 11.0. The van der Waals surface area contributed by atoms with Crippen LogP contribution in [0.4, 0.5) is 10.1 Å². The van der Waals surface area contributed by atoms with Gasteiger partial charge in [0.1, 0.15) is 5.82 Å². The average molecular weight is 439 g/mol. The number of sulfone groups is 1. The summed E-state index contributed by atoms with van der Waals surface area (Å²) < 4.78 is 38.2. The van der Waals surface area contributed by atoms with Crippen molar-refractivity contribution in [2.75, 3.05) is 16.4 Å². The largest absolute Gasteiger partial charge is 0.317 e. The van der Waals surface area contributed by atoms with Crippen molar-refractivity contribution >= 4 is 44.1 Å². The fourth-order valence-corrected chi connectivity index (χ4v) is 7.48. The maximum atomic E-state index is 14.5. The first kappa shape index (κ1) is 19.7. The highest BCUT2D eigenvalue weighted by atomic mass is 35.5. The lowest BCUT2D eigenvalue weighted by Crippen LogP contribution is -2.29. The molecule has 0 unspecified atom stereocenters. The van der Waals surface area contributed by atoms with E-state index in [1.165, 1.54) is 17.8 Å². The highest BCUT2D eigenvalue weighted by Crippen LogP contribution is 2.38. The fourth-order valence-electron chi connectivity index (χ4n) is 3.48. The first-order valence-electron chi connectivity index (χ1n) is 8.96. The molecule has 2 aromatic rings. The Hall–Kier alpha value is -1.57. The van der Waals surface area contributed by atoms with Crippen LogP contribution < -0.4 is 4.90 Å². The van der Waals surface area contributed by atoms with Gasteiger partial charge in [-0.25, -0.2) is 12.8 Å². The molecular weight excluding hydrogens is 419 g/mol. The summed E-state index contributed by atoms with van der Waals surface area (Å²) in [5, 5.41) is 0.998. The topological polar surface area (TPSA) is 49.7 Å². The fraction of sp³-hybridized carbons (Fsp3) is 0.350. The van der Waals surface area contributed by atoms with Crippen molar-refractivity contribution in [1.29, 1.82) is 0 Å². The summed E-state index contributed by atoms with van der Waals surface area (Å²) in [6, 6.07) is 10.4. The molecule has 8 heteroatoms. The Morgan fingerprint density at radius 2 is 2.00 bits per heavy atom. The molecule has 0 radical (unpaired) electrons. The minimum atomic E-state index is -3.03. The first-order valence-corrected chi connectivity index (χ1v) is 12.0. The summed E-state index contributed by atoms with van der Waals surface area (Å²) in [6.07, 6.45) is 0. The van der Waals surface area contributed by atoms with E-state index >= 15 is 0 Å². The zero-order valence-electron chi connectivity index (χ0n) is 15.5. The van der Waals surface area contributed by atoms with Gasteiger partial charge in [-0.15, -0.1) is 0 Å². The minimum absolute atomic E-state index is 0.0786. The molecule has 0 aliphatic carbocycles. The van der Waals surface area contributed by atoms with Crippen molar-refractivity contribution in [2.45, 2.75) is 31.7 Å². The van der Waals surface area contributed by atoms with Gasteiger partial charge in [0.15, 0.2) is 15.0 Å². The summed E-state index contributed by atoms with van der Waals surface area (Å²) in [6.45, 7) is 4.29. The first-order chi connectivity index (χ1) is 13.2. The van der Waals surface area contributed by atoms with E-state index in [0.717, 1.165) is 16.8 Å². The predicted molar refractivity (Wildman–Crippen MR) is 115 cm³/mol. The molecule has 0 saturated carbocycles. The summed E-state index contributed by atoms with van der Waals surface area (Å²) in [4.78, 5) is 6.63. The molecule has 4 nitrogen and oxygen atoms in total. The normalized spacial score (nSPS) is 22.8. The van der Waals surface area contributed by atoms with Crippen LogP contribution >= 0.6 is 23.4 Å². The van der Waals surface area contributed by atoms with Crippen molar-refractivity contribution in [1.82, 2.24) is 0 Å². The predicted octanol–water partition coefficient (Wildman–Crippen LogP) is 4.37.